The van der Waals surface area contributed by atoms with Crippen LogP contribution in [0.5, 0.6) is 17.4 Å². The van der Waals surface area contributed by atoms with Gasteiger partial charge in [-0.1, -0.05) is 18.2 Å². The van der Waals surface area contributed by atoms with E-state index in [2.05, 4.69) is 10.3 Å². The molecule has 1 aromatic carbocycles. The Hall–Kier alpha value is -2.27. The molecule has 5 heteroatoms. The van der Waals surface area contributed by atoms with Crippen LogP contribution >= 0.6 is 0 Å². The largest absolute Gasteiger partial charge is 0.493 e. The van der Waals surface area contributed by atoms with Crippen LogP contribution in [0.25, 0.3) is 0 Å². The maximum absolute atomic E-state index is 5.52. The lowest BCUT2D eigenvalue weighted by molar-refractivity contribution is 0.301. The van der Waals surface area contributed by atoms with E-state index in [-0.39, 0.29) is 0 Å². The first kappa shape index (κ1) is 15.1. The van der Waals surface area contributed by atoms with Gasteiger partial charge in [0.25, 0.3) is 0 Å². The van der Waals surface area contributed by atoms with Crippen molar-refractivity contribution in [1.29, 1.82) is 0 Å². The topological polar surface area (TPSA) is 52.6 Å². The summed E-state index contributed by atoms with van der Waals surface area (Å²) in [5, 5.41) is 3.31. The summed E-state index contributed by atoms with van der Waals surface area (Å²) in [5.74, 6) is 2.14. The number of aromatic nitrogens is 1. The van der Waals surface area contributed by atoms with E-state index in [9.17, 15) is 0 Å². The lowest BCUT2D eigenvalue weighted by atomic mass is 10.2. The molecule has 1 heterocycles. The van der Waals surface area contributed by atoms with Gasteiger partial charge in [-0.25, -0.2) is 4.98 Å². The third-order valence-corrected chi connectivity index (χ3v) is 2.97. The fourth-order valence-electron chi connectivity index (χ4n) is 1.98. The van der Waals surface area contributed by atoms with Crippen LogP contribution in [0.4, 0.5) is 0 Å². The summed E-state index contributed by atoms with van der Waals surface area (Å²) in [6.45, 7) is 1.96. The Morgan fingerprint density at radius 2 is 1.95 bits per heavy atom. The average Bonchev–Trinajstić information content (AvgIpc) is 2.55. The zero-order valence-corrected chi connectivity index (χ0v) is 12.3. The molecule has 1 N–H and O–H groups in total. The number of para-hydroxylation sites is 1. The monoisotopic (exact) mass is 288 g/mol. The fourth-order valence-corrected chi connectivity index (χ4v) is 1.98. The van der Waals surface area contributed by atoms with Crippen LogP contribution in [0, 0.1) is 0 Å². The summed E-state index contributed by atoms with van der Waals surface area (Å²) in [7, 11) is 3.28. The van der Waals surface area contributed by atoms with Gasteiger partial charge in [0.15, 0.2) is 11.5 Å². The van der Waals surface area contributed by atoms with Crippen LogP contribution in [0.1, 0.15) is 5.56 Å². The normalized spacial score (nSPS) is 10.2. The van der Waals surface area contributed by atoms with E-state index in [1.54, 1.807) is 20.4 Å². The van der Waals surface area contributed by atoms with Crippen molar-refractivity contribution in [2.75, 3.05) is 27.4 Å². The van der Waals surface area contributed by atoms with E-state index in [1.807, 2.05) is 36.4 Å². The highest BCUT2D eigenvalue weighted by Gasteiger charge is 2.08. The summed E-state index contributed by atoms with van der Waals surface area (Å²) in [5.41, 5.74) is 1.05. The minimum atomic E-state index is 0.559. The molecule has 0 aliphatic carbocycles. The predicted molar refractivity (Wildman–Crippen MR) is 81.0 cm³/mol. The van der Waals surface area contributed by atoms with Crippen LogP contribution in [-0.4, -0.2) is 32.4 Å². The van der Waals surface area contributed by atoms with Crippen LogP contribution < -0.4 is 19.5 Å². The summed E-state index contributed by atoms with van der Waals surface area (Å²) < 4.78 is 16.2. The minimum absolute atomic E-state index is 0.559. The first-order chi connectivity index (χ1) is 10.3. The van der Waals surface area contributed by atoms with E-state index >= 15 is 0 Å². The van der Waals surface area contributed by atoms with Crippen molar-refractivity contribution in [1.82, 2.24) is 10.3 Å². The van der Waals surface area contributed by atoms with Gasteiger partial charge in [-0.15, -0.1) is 0 Å². The first-order valence-corrected chi connectivity index (χ1v) is 6.79. The standard InChI is InChI=1S/C16H20N2O3/c1-19-14-7-5-6-13(16(14)20-2)12-17-10-11-21-15-8-3-4-9-18-15/h3-9,17H,10-12H2,1-2H3. The van der Waals surface area contributed by atoms with Gasteiger partial charge in [0.05, 0.1) is 14.2 Å². The number of ether oxygens (including phenoxy) is 3. The van der Waals surface area contributed by atoms with Gasteiger partial charge in [-0.05, 0) is 12.1 Å². The number of pyridine rings is 1. The van der Waals surface area contributed by atoms with Crippen LogP contribution in [0.2, 0.25) is 0 Å². The second-order valence-corrected chi connectivity index (χ2v) is 4.35. The quantitative estimate of drug-likeness (QED) is 0.755. The van der Waals surface area contributed by atoms with Gasteiger partial charge in [0, 0.05) is 30.9 Å². The van der Waals surface area contributed by atoms with Crippen molar-refractivity contribution in [3.8, 4) is 17.4 Å². The van der Waals surface area contributed by atoms with E-state index in [0.717, 1.165) is 23.6 Å². The van der Waals surface area contributed by atoms with E-state index in [4.69, 9.17) is 14.2 Å². The van der Waals surface area contributed by atoms with Gasteiger partial charge in [-0.2, -0.15) is 0 Å². The molecule has 0 amide bonds. The molecule has 0 atom stereocenters. The Bertz CT molecular complexity index is 546. The Balaban J connectivity index is 1.78. The third kappa shape index (κ3) is 4.36. The average molecular weight is 288 g/mol. The van der Waals surface area contributed by atoms with Gasteiger partial charge in [0.1, 0.15) is 6.61 Å². The molecule has 0 fully saturated rings. The number of hydrogen-bond donors (Lipinski definition) is 1. The summed E-state index contributed by atoms with van der Waals surface area (Å²) in [4.78, 5) is 4.10. The molecule has 0 saturated heterocycles. The van der Waals surface area contributed by atoms with Gasteiger partial charge < -0.3 is 19.5 Å². The zero-order chi connectivity index (χ0) is 14.9. The Kier molecular flexibility index (Phi) is 5.84. The first-order valence-electron chi connectivity index (χ1n) is 6.79. The second kappa shape index (κ2) is 8.11. The number of benzene rings is 1. The smallest absolute Gasteiger partial charge is 0.213 e. The number of nitrogens with zero attached hydrogens (tertiary/aromatic N) is 1. The van der Waals surface area contributed by atoms with Crippen LogP contribution in [0.15, 0.2) is 42.6 Å². The molecular formula is C16H20N2O3. The molecule has 0 saturated carbocycles. The molecule has 0 unspecified atom stereocenters. The minimum Gasteiger partial charge on any atom is -0.493 e. The van der Waals surface area contributed by atoms with Crippen molar-refractivity contribution >= 4 is 0 Å². The van der Waals surface area contributed by atoms with E-state index in [1.165, 1.54) is 0 Å². The molecule has 0 aliphatic heterocycles. The van der Waals surface area contributed by atoms with Gasteiger partial charge >= 0.3 is 0 Å². The molecule has 0 bridgehead atoms. The molecule has 21 heavy (non-hydrogen) atoms. The SMILES string of the molecule is COc1cccc(CNCCOc2ccccn2)c1OC. The Labute approximate surface area is 124 Å². The number of methoxy groups -OCH3 is 2. The van der Waals surface area contributed by atoms with Gasteiger partial charge in [-0.3, -0.25) is 0 Å². The molecule has 2 aromatic rings. The molecular weight excluding hydrogens is 268 g/mol. The van der Waals surface area contributed by atoms with E-state index in [0.29, 0.717) is 19.0 Å². The summed E-state index contributed by atoms with van der Waals surface area (Å²) in [6, 6.07) is 11.4. The van der Waals surface area contributed by atoms with Crippen LogP contribution in [0.3, 0.4) is 0 Å². The van der Waals surface area contributed by atoms with Gasteiger partial charge in [0.2, 0.25) is 5.88 Å². The summed E-state index contributed by atoms with van der Waals surface area (Å²) in [6.07, 6.45) is 1.71. The molecule has 112 valence electrons. The van der Waals surface area contributed by atoms with Crippen LogP contribution in [-0.2, 0) is 6.54 Å². The van der Waals surface area contributed by atoms with Crippen molar-refractivity contribution in [2.24, 2.45) is 0 Å². The molecule has 0 radical (unpaired) electrons. The number of hydrogen-bond acceptors (Lipinski definition) is 5. The second-order valence-electron chi connectivity index (χ2n) is 4.35. The highest BCUT2D eigenvalue weighted by molar-refractivity contribution is 5.46. The zero-order valence-electron chi connectivity index (χ0n) is 12.3. The van der Waals surface area contributed by atoms with Crippen molar-refractivity contribution in [3.05, 3.63) is 48.2 Å². The highest BCUT2D eigenvalue weighted by atomic mass is 16.5. The number of nitrogens with one attached hydrogen (secondary N) is 1. The molecule has 2 rings (SSSR count). The fraction of sp³-hybridized carbons (Fsp3) is 0.312. The number of rotatable bonds is 8. The molecule has 0 aliphatic rings. The van der Waals surface area contributed by atoms with E-state index < -0.39 is 0 Å². The Morgan fingerprint density at radius 1 is 1.05 bits per heavy atom. The lowest BCUT2D eigenvalue weighted by Gasteiger charge is -2.13. The van der Waals surface area contributed by atoms with Crippen molar-refractivity contribution < 1.29 is 14.2 Å². The molecule has 5 nitrogen and oxygen atoms in total. The predicted octanol–water partition coefficient (Wildman–Crippen LogP) is 2.27. The molecule has 1 aromatic heterocycles. The lowest BCUT2D eigenvalue weighted by Crippen LogP contribution is -2.21. The maximum atomic E-state index is 5.52. The maximum Gasteiger partial charge on any atom is 0.213 e. The highest BCUT2D eigenvalue weighted by Crippen LogP contribution is 2.30. The van der Waals surface area contributed by atoms with Crippen molar-refractivity contribution in [3.63, 3.8) is 0 Å². The Morgan fingerprint density at radius 3 is 2.67 bits per heavy atom. The van der Waals surface area contributed by atoms with Crippen molar-refractivity contribution in [2.45, 2.75) is 6.54 Å². The summed E-state index contributed by atoms with van der Waals surface area (Å²) >= 11 is 0. The third-order valence-electron chi connectivity index (χ3n) is 2.97. The molecule has 0 spiro atoms.